The lowest BCUT2D eigenvalue weighted by molar-refractivity contribution is -0.159. The maximum atomic E-state index is 10.7. The minimum atomic E-state index is -0.682. The van der Waals surface area contributed by atoms with Crippen molar-refractivity contribution in [1.29, 1.82) is 0 Å². The lowest BCUT2D eigenvalue weighted by Gasteiger charge is -2.44. The predicted molar refractivity (Wildman–Crippen MR) is 80.7 cm³/mol. The van der Waals surface area contributed by atoms with Crippen molar-refractivity contribution in [2.24, 2.45) is 5.92 Å². The van der Waals surface area contributed by atoms with E-state index in [1.165, 1.54) is 6.20 Å². The van der Waals surface area contributed by atoms with Crippen LogP contribution < -0.4 is 0 Å². The van der Waals surface area contributed by atoms with Gasteiger partial charge in [-0.15, -0.1) is 0 Å². The minimum absolute atomic E-state index is 0.100. The van der Waals surface area contributed by atoms with E-state index in [2.05, 4.69) is 4.98 Å². The van der Waals surface area contributed by atoms with Crippen LogP contribution >= 0.6 is 23.2 Å². The SMILES string of the molecule is OC(c1ncc(Cl)cc1Cl)C1CCOC2(CCOCC2)C1. The van der Waals surface area contributed by atoms with Crippen LogP contribution in [-0.4, -0.2) is 35.5 Å². The number of pyridine rings is 1. The van der Waals surface area contributed by atoms with E-state index in [0.29, 0.717) is 22.3 Å². The molecular weight excluding hydrogens is 313 g/mol. The summed E-state index contributed by atoms with van der Waals surface area (Å²) in [7, 11) is 0. The molecule has 0 amide bonds. The highest BCUT2D eigenvalue weighted by Crippen LogP contribution is 2.42. The third-order valence-corrected chi connectivity index (χ3v) is 5.01. The van der Waals surface area contributed by atoms with Crippen LogP contribution in [0.15, 0.2) is 12.3 Å². The molecule has 2 atom stereocenters. The summed E-state index contributed by atoms with van der Waals surface area (Å²) < 4.78 is 11.4. The van der Waals surface area contributed by atoms with Gasteiger partial charge in [-0.2, -0.15) is 0 Å². The Bertz CT molecular complexity index is 500. The molecule has 2 unspecified atom stereocenters. The molecular formula is C15H19Cl2NO3. The van der Waals surface area contributed by atoms with Crippen LogP contribution in [0.2, 0.25) is 10.0 Å². The third-order valence-electron chi connectivity index (χ3n) is 4.50. The molecule has 1 aromatic rings. The second kappa shape index (κ2) is 6.39. The first-order chi connectivity index (χ1) is 10.1. The number of hydrogen-bond acceptors (Lipinski definition) is 4. The molecule has 0 bridgehead atoms. The van der Waals surface area contributed by atoms with E-state index in [1.807, 2.05) is 0 Å². The van der Waals surface area contributed by atoms with Crippen LogP contribution in [0.25, 0.3) is 0 Å². The number of ether oxygens (including phenoxy) is 2. The Morgan fingerprint density at radius 1 is 1.29 bits per heavy atom. The van der Waals surface area contributed by atoms with Crippen molar-refractivity contribution in [3.05, 3.63) is 28.0 Å². The summed E-state index contributed by atoms with van der Waals surface area (Å²) in [5.41, 5.74) is 0.358. The van der Waals surface area contributed by atoms with Crippen molar-refractivity contribution < 1.29 is 14.6 Å². The Hall–Kier alpha value is -0.390. The zero-order chi connectivity index (χ0) is 14.9. The van der Waals surface area contributed by atoms with Crippen molar-refractivity contribution in [2.45, 2.75) is 37.4 Å². The predicted octanol–water partition coefficient (Wildman–Crippen LogP) is 3.40. The number of aliphatic hydroxyl groups is 1. The highest BCUT2D eigenvalue weighted by molar-refractivity contribution is 6.34. The summed E-state index contributed by atoms with van der Waals surface area (Å²) in [6.45, 7) is 2.11. The van der Waals surface area contributed by atoms with Gasteiger partial charge in [0.15, 0.2) is 0 Å². The van der Waals surface area contributed by atoms with E-state index >= 15 is 0 Å². The number of aromatic nitrogens is 1. The molecule has 0 radical (unpaired) electrons. The van der Waals surface area contributed by atoms with Gasteiger partial charge in [-0.05, 0) is 37.7 Å². The first-order valence-electron chi connectivity index (χ1n) is 7.30. The number of rotatable bonds is 2. The molecule has 2 aliphatic rings. The summed E-state index contributed by atoms with van der Waals surface area (Å²) in [6.07, 6.45) is 4.24. The summed E-state index contributed by atoms with van der Waals surface area (Å²) >= 11 is 12.0. The van der Waals surface area contributed by atoms with Gasteiger partial charge in [-0.25, -0.2) is 0 Å². The smallest absolute Gasteiger partial charge is 0.100 e. The van der Waals surface area contributed by atoms with Gasteiger partial charge in [0.1, 0.15) is 6.10 Å². The zero-order valence-electron chi connectivity index (χ0n) is 11.7. The van der Waals surface area contributed by atoms with Crippen LogP contribution in [0.1, 0.15) is 37.5 Å². The molecule has 1 spiro atoms. The van der Waals surface area contributed by atoms with Crippen molar-refractivity contribution in [3.63, 3.8) is 0 Å². The molecule has 116 valence electrons. The van der Waals surface area contributed by atoms with Crippen LogP contribution in [0.3, 0.4) is 0 Å². The number of halogens is 2. The molecule has 21 heavy (non-hydrogen) atoms. The largest absolute Gasteiger partial charge is 0.386 e. The fraction of sp³-hybridized carbons (Fsp3) is 0.667. The topological polar surface area (TPSA) is 51.6 Å². The van der Waals surface area contributed by atoms with E-state index in [1.54, 1.807) is 6.07 Å². The zero-order valence-corrected chi connectivity index (χ0v) is 13.2. The lowest BCUT2D eigenvalue weighted by atomic mass is 9.78. The number of nitrogens with zero attached hydrogens (tertiary/aromatic N) is 1. The third kappa shape index (κ3) is 3.35. The Morgan fingerprint density at radius 2 is 2.05 bits per heavy atom. The summed E-state index contributed by atoms with van der Waals surface area (Å²) in [5.74, 6) is 0.100. The molecule has 2 fully saturated rings. The molecule has 1 N–H and O–H groups in total. The van der Waals surface area contributed by atoms with Crippen molar-refractivity contribution in [1.82, 2.24) is 4.98 Å². The fourth-order valence-electron chi connectivity index (χ4n) is 3.29. The van der Waals surface area contributed by atoms with Crippen LogP contribution in [-0.2, 0) is 9.47 Å². The fourth-order valence-corrected chi connectivity index (χ4v) is 3.78. The standard InChI is InChI=1S/C15H19Cl2NO3/c16-11-7-12(17)13(18-9-11)14(19)10-1-4-21-15(8-10)2-5-20-6-3-15/h7,9-10,14,19H,1-6,8H2. The number of aliphatic hydroxyl groups excluding tert-OH is 1. The molecule has 1 aromatic heterocycles. The average molecular weight is 332 g/mol. The molecule has 3 heterocycles. The second-order valence-corrected chi connectivity index (χ2v) is 6.71. The lowest BCUT2D eigenvalue weighted by Crippen LogP contribution is -2.45. The van der Waals surface area contributed by atoms with E-state index in [9.17, 15) is 5.11 Å². The molecule has 2 saturated heterocycles. The maximum absolute atomic E-state index is 10.7. The Balaban J connectivity index is 1.76. The second-order valence-electron chi connectivity index (χ2n) is 5.86. The summed E-state index contributed by atoms with van der Waals surface area (Å²) in [5, 5.41) is 11.5. The van der Waals surface area contributed by atoms with Gasteiger partial charge in [0.2, 0.25) is 0 Å². The first-order valence-corrected chi connectivity index (χ1v) is 8.06. The molecule has 6 heteroatoms. The van der Waals surface area contributed by atoms with Crippen molar-refractivity contribution in [3.8, 4) is 0 Å². The summed E-state index contributed by atoms with van der Waals surface area (Å²) in [4.78, 5) is 4.21. The molecule has 4 nitrogen and oxygen atoms in total. The molecule has 2 aliphatic heterocycles. The van der Waals surface area contributed by atoms with Gasteiger partial charge in [-0.1, -0.05) is 23.2 Å². The van der Waals surface area contributed by atoms with Crippen molar-refractivity contribution >= 4 is 23.2 Å². The summed E-state index contributed by atoms with van der Waals surface area (Å²) in [6, 6.07) is 1.62. The van der Waals surface area contributed by atoms with Gasteiger partial charge in [0.25, 0.3) is 0 Å². The van der Waals surface area contributed by atoms with Crippen molar-refractivity contribution in [2.75, 3.05) is 19.8 Å². The Labute approximate surface area is 134 Å². The van der Waals surface area contributed by atoms with E-state index < -0.39 is 6.10 Å². The minimum Gasteiger partial charge on any atom is -0.386 e. The van der Waals surface area contributed by atoms with E-state index in [4.69, 9.17) is 32.7 Å². The van der Waals surface area contributed by atoms with Crippen LogP contribution in [0.4, 0.5) is 0 Å². The van der Waals surface area contributed by atoms with Gasteiger partial charge in [0, 0.05) is 26.0 Å². The molecule has 0 aromatic carbocycles. The highest BCUT2D eigenvalue weighted by atomic mass is 35.5. The van der Waals surface area contributed by atoms with Gasteiger partial charge in [-0.3, -0.25) is 4.98 Å². The maximum Gasteiger partial charge on any atom is 0.100 e. The Morgan fingerprint density at radius 3 is 2.76 bits per heavy atom. The first kappa shape index (κ1) is 15.5. The van der Waals surface area contributed by atoms with Crippen LogP contribution in [0.5, 0.6) is 0 Å². The number of hydrogen-bond donors (Lipinski definition) is 1. The van der Waals surface area contributed by atoms with Crippen LogP contribution in [0, 0.1) is 5.92 Å². The highest BCUT2D eigenvalue weighted by Gasteiger charge is 2.41. The van der Waals surface area contributed by atoms with Gasteiger partial charge < -0.3 is 14.6 Å². The van der Waals surface area contributed by atoms with Gasteiger partial charge in [0.05, 0.1) is 21.3 Å². The molecule has 0 saturated carbocycles. The Kier molecular flexibility index (Phi) is 4.71. The normalized spacial score (nSPS) is 26.7. The molecule has 0 aliphatic carbocycles. The van der Waals surface area contributed by atoms with E-state index in [-0.39, 0.29) is 11.5 Å². The average Bonchev–Trinajstić information content (AvgIpc) is 2.47. The quantitative estimate of drug-likeness (QED) is 0.902. The molecule has 3 rings (SSSR count). The van der Waals surface area contributed by atoms with Gasteiger partial charge >= 0.3 is 0 Å². The monoisotopic (exact) mass is 331 g/mol. The van der Waals surface area contributed by atoms with E-state index in [0.717, 1.165) is 38.9 Å².